The van der Waals surface area contributed by atoms with Crippen molar-refractivity contribution in [1.82, 2.24) is 0 Å². The molecule has 0 atom stereocenters. The Hall–Kier alpha value is -3.40. The van der Waals surface area contributed by atoms with Crippen molar-refractivity contribution >= 4 is 23.6 Å². The van der Waals surface area contributed by atoms with Gasteiger partial charge in [0, 0.05) is 31.2 Å². The van der Waals surface area contributed by atoms with Gasteiger partial charge >= 0.3 is 0 Å². The maximum atomic E-state index is 12.5. The smallest absolute Gasteiger partial charge is 0.221 e. The molecule has 1 heterocycles. The minimum atomic E-state index is -0.0897. The van der Waals surface area contributed by atoms with E-state index >= 15 is 0 Å². The van der Waals surface area contributed by atoms with E-state index in [-0.39, 0.29) is 11.7 Å². The fourth-order valence-electron chi connectivity index (χ4n) is 3.14. The summed E-state index contributed by atoms with van der Waals surface area (Å²) in [4.78, 5) is 11.4. The zero-order valence-electron chi connectivity index (χ0n) is 16.6. The van der Waals surface area contributed by atoms with Crippen molar-refractivity contribution in [2.45, 2.75) is 27.7 Å². The third kappa shape index (κ3) is 4.29. The predicted octanol–water partition coefficient (Wildman–Crippen LogP) is 3.84. The largest absolute Gasteiger partial charge is 0.868 e. The molecule has 0 aliphatic carbocycles. The molecule has 4 nitrogen and oxygen atoms in total. The van der Waals surface area contributed by atoms with E-state index in [4.69, 9.17) is 0 Å². The molecule has 4 heteroatoms. The van der Waals surface area contributed by atoms with Gasteiger partial charge in [0.15, 0.2) is 18.1 Å². The molecule has 3 aromatic rings. The van der Waals surface area contributed by atoms with Crippen LogP contribution in [-0.4, -0.2) is 5.91 Å². The van der Waals surface area contributed by atoms with Crippen LogP contribution in [0.1, 0.15) is 29.3 Å². The minimum Gasteiger partial charge on any atom is -0.868 e. The number of hydrogen-bond acceptors (Lipinski definition) is 2. The van der Waals surface area contributed by atoms with Crippen LogP contribution in [0.25, 0.3) is 23.1 Å². The minimum absolute atomic E-state index is 0.0378. The normalized spacial score (nSPS) is 11.4. The lowest BCUT2D eigenvalue weighted by Gasteiger charge is -2.12. The Morgan fingerprint density at radius 3 is 2.39 bits per heavy atom. The van der Waals surface area contributed by atoms with Crippen LogP contribution in [-0.2, 0) is 4.79 Å². The molecule has 1 amide bonds. The first-order chi connectivity index (χ1) is 13.3. The predicted molar refractivity (Wildman–Crippen MR) is 111 cm³/mol. The number of carbonyl (C=O) groups excluding carboxylic acids is 1. The van der Waals surface area contributed by atoms with E-state index < -0.39 is 0 Å². The number of hydrogen-bond donors (Lipinski definition) is 1. The molecule has 0 spiro atoms. The second-order valence-corrected chi connectivity index (χ2v) is 6.99. The van der Waals surface area contributed by atoms with Crippen molar-refractivity contribution in [1.29, 1.82) is 0 Å². The number of carbonyl (C=O) groups is 1. The molecular formula is C24H24N2O2. The summed E-state index contributed by atoms with van der Waals surface area (Å²) in [6.07, 6.45) is 3.57. The lowest BCUT2D eigenvalue weighted by atomic mass is 9.99. The molecule has 0 unspecified atom stereocenters. The van der Waals surface area contributed by atoms with Crippen LogP contribution in [0.4, 0.5) is 5.69 Å². The molecule has 3 rings (SSSR count). The fourth-order valence-corrected chi connectivity index (χ4v) is 3.14. The average Bonchev–Trinajstić information content (AvgIpc) is 2.66. The van der Waals surface area contributed by atoms with Gasteiger partial charge in [-0.15, -0.1) is 0 Å². The van der Waals surface area contributed by atoms with E-state index in [0.717, 1.165) is 33.6 Å². The van der Waals surface area contributed by atoms with Crippen LogP contribution in [0.5, 0.6) is 0 Å². The molecular weight excluding hydrogens is 348 g/mol. The van der Waals surface area contributed by atoms with Crippen molar-refractivity contribution in [3.8, 4) is 11.1 Å². The molecule has 0 aliphatic heterocycles. The topological polar surface area (TPSA) is 56.0 Å². The molecule has 0 saturated carbocycles. The van der Waals surface area contributed by atoms with Crippen LogP contribution in [0, 0.1) is 20.8 Å². The zero-order valence-corrected chi connectivity index (χ0v) is 16.6. The number of anilines is 1. The third-order valence-corrected chi connectivity index (χ3v) is 4.69. The highest BCUT2D eigenvalue weighted by Crippen LogP contribution is 2.28. The molecule has 1 aromatic heterocycles. The second kappa shape index (κ2) is 8.09. The van der Waals surface area contributed by atoms with Gasteiger partial charge in [0.25, 0.3) is 0 Å². The van der Waals surface area contributed by atoms with Gasteiger partial charge in [0.2, 0.25) is 5.91 Å². The third-order valence-electron chi connectivity index (χ3n) is 4.69. The SMILES string of the molecule is CC(=O)Nc1cc(-c2cc(C)[n+](/C=C(/[O-])c3ccccc3)cc2C)ccc1C. The number of aryl methyl sites for hydroxylation is 3. The Morgan fingerprint density at radius 1 is 1.00 bits per heavy atom. The average molecular weight is 372 g/mol. The number of nitrogens with zero attached hydrogens (tertiary/aromatic N) is 1. The maximum absolute atomic E-state index is 12.5. The highest BCUT2D eigenvalue weighted by molar-refractivity contribution is 5.90. The van der Waals surface area contributed by atoms with Crippen molar-refractivity contribution in [2.24, 2.45) is 0 Å². The quantitative estimate of drug-likeness (QED) is 0.559. The Labute approximate surface area is 165 Å². The molecule has 0 fully saturated rings. The van der Waals surface area contributed by atoms with Crippen LogP contribution in [0.15, 0.2) is 60.8 Å². The first-order valence-electron chi connectivity index (χ1n) is 9.20. The van der Waals surface area contributed by atoms with E-state index in [9.17, 15) is 9.90 Å². The van der Waals surface area contributed by atoms with E-state index in [1.807, 2.05) is 80.1 Å². The van der Waals surface area contributed by atoms with Gasteiger partial charge < -0.3 is 10.4 Å². The molecule has 28 heavy (non-hydrogen) atoms. The van der Waals surface area contributed by atoms with Crippen molar-refractivity contribution in [2.75, 3.05) is 5.32 Å². The summed E-state index contributed by atoms with van der Waals surface area (Å²) in [6, 6.07) is 17.3. The van der Waals surface area contributed by atoms with E-state index in [0.29, 0.717) is 5.56 Å². The van der Waals surface area contributed by atoms with Gasteiger partial charge in [0.1, 0.15) is 0 Å². The van der Waals surface area contributed by atoms with Gasteiger partial charge in [-0.3, -0.25) is 4.79 Å². The summed E-state index contributed by atoms with van der Waals surface area (Å²) in [7, 11) is 0. The van der Waals surface area contributed by atoms with Crippen molar-refractivity contribution in [3.63, 3.8) is 0 Å². The summed E-state index contributed by atoms with van der Waals surface area (Å²) in [5, 5.41) is 15.4. The monoisotopic (exact) mass is 372 g/mol. The molecule has 1 N–H and O–H groups in total. The Balaban J connectivity index is 2.00. The standard InChI is InChI=1S/C24H24N2O2/c1-16-10-11-21(13-23(16)25-19(4)27)22-12-18(3)26(14-17(22)2)15-24(28)20-8-6-5-7-9-20/h5-15H,1-4H3,(H-,25,27,28)/b24-15+. The number of benzene rings is 2. The summed E-state index contributed by atoms with van der Waals surface area (Å²) in [5.74, 6) is -0.128. The summed E-state index contributed by atoms with van der Waals surface area (Å²) in [6.45, 7) is 7.47. The van der Waals surface area contributed by atoms with E-state index in [1.165, 1.54) is 6.92 Å². The summed E-state index contributed by atoms with van der Waals surface area (Å²) < 4.78 is 1.86. The highest BCUT2D eigenvalue weighted by Gasteiger charge is 2.13. The van der Waals surface area contributed by atoms with Crippen LogP contribution in [0.2, 0.25) is 0 Å². The first-order valence-corrected chi connectivity index (χ1v) is 9.20. The molecule has 0 saturated heterocycles. The maximum Gasteiger partial charge on any atom is 0.221 e. The van der Waals surface area contributed by atoms with Gasteiger partial charge in [-0.05, 0) is 47.9 Å². The number of nitrogens with one attached hydrogen (secondary N) is 1. The fraction of sp³-hybridized carbons (Fsp3) is 0.167. The van der Waals surface area contributed by atoms with E-state index in [2.05, 4.69) is 11.4 Å². The molecule has 0 bridgehead atoms. The lowest BCUT2D eigenvalue weighted by Crippen LogP contribution is -2.32. The van der Waals surface area contributed by atoms with Gasteiger partial charge in [0.05, 0.1) is 0 Å². The first kappa shape index (κ1) is 19.4. The Bertz CT molecular complexity index is 1050. The summed E-state index contributed by atoms with van der Waals surface area (Å²) in [5.41, 5.74) is 6.57. The van der Waals surface area contributed by atoms with Crippen LogP contribution >= 0.6 is 0 Å². The van der Waals surface area contributed by atoms with Gasteiger partial charge in [-0.25, -0.2) is 0 Å². The number of pyridine rings is 1. The second-order valence-electron chi connectivity index (χ2n) is 6.99. The Morgan fingerprint density at radius 2 is 1.71 bits per heavy atom. The van der Waals surface area contributed by atoms with Crippen LogP contribution in [0.3, 0.4) is 0 Å². The number of aromatic nitrogens is 1. The Kier molecular flexibility index (Phi) is 5.59. The van der Waals surface area contributed by atoms with Crippen molar-refractivity contribution in [3.05, 3.63) is 83.2 Å². The number of rotatable bonds is 4. The zero-order chi connectivity index (χ0) is 20.3. The van der Waals surface area contributed by atoms with Gasteiger partial charge in [-0.2, -0.15) is 4.57 Å². The highest BCUT2D eigenvalue weighted by atomic mass is 16.3. The number of amides is 1. The van der Waals surface area contributed by atoms with E-state index in [1.54, 1.807) is 6.20 Å². The van der Waals surface area contributed by atoms with Gasteiger partial charge in [-0.1, -0.05) is 42.5 Å². The molecule has 142 valence electrons. The molecule has 2 aromatic carbocycles. The summed E-state index contributed by atoms with van der Waals surface area (Å²) >= 11 is 0. The lowest BCUT2D eigenvalue weighted by molar-refractivity contribution is -0.577. The van der Waals surface area contributed by atoms with Crippen molar-refractivity contribution < 1.29 is 14.5 Å². The van der Waals surface area contributed by atoms with Crippen LogP contribution < -0.4 is 15.0 Å². The molecule has 0 aliphatic rings. The molecule has 0 radical (unpaired) electrons.